The van der Waals surface area contributed by atoms with Gasteiger partial charge in [-0.05, 0) is 24.3 Å². The van der Waals surface area contributed by atoms with Gasteiger partial charge in [0.25, 0.3) is 5.91 Å². The van der Waals surface area contributed by atoms with E-state index in [1.807, 2.05) is 0 Å². The van der Waals surface area contributed by atoms with Crippen LogP contribution in [0.5, 0.6) is 0 Å². The molecule has 0 saturated heterocycles. The highest BCUT2D eigenvalue weighted by Crippen LogP contribution is 2.14. The Hall–Kier alpha value is -3.10. The van der Waals surface area contributed by atoms with Crippen molar-refractivity contribution in [2.45, 2.75) is 0 Å². The molecular weight excluding hydrogens is 264 g/mol. The number of aromatic nitrogens is 3. The minimum Gasteiger partial charge on any atom is -0.453 e. The molecule has 2 aromatic rings. The number of aromatic amines is 1. The molecular formula is C11H12N6O3. The standard InChI is InChI=1S/C11H12N6O3/c1-20-11(19)14-7-4-2-6(3-5-7)13-9(18)8-15-10(12)17-16-8/h2-5H,1H3,(H,13,18)(H,14,19)(H3,12,15,16,17). The van der Waals surface area contributed by atoms with Crippen molar-refractivity contribution in [2.24, 2.45) is 0 Å². The van der Waals surface area contributed by atoms with Crippen LogP contribution in [0.2, 0.25) is 0 Å². The van der Waals surface area contributed by atoms with E-state index in [0.717, 1.165) is 0 Å². The molecule has 1 aromatic heterocycles. The van der Waals surface area contributed by atoms with E-state index in [1.165, 1.54) is 7.11 Å². The maximum atomic E-state index is 11.7. The lowest BCUT2D eigenvalue weighted by molar-refractivity contribution is 0.101. The fourth-order valence-electron chi connectivity index (χ4n) is 1.37. The van der Waals surface area contributed by atoms with Gasteiger partial charge in [-0.1, -0.05) is 0 Å². The van der Waals surface area contributed by atoms with E-state index in [1.54, 1.807) is 24.3 Å². The third-order valence-electron chi connectivity index (χ3n) is 2.29. The largest absolute Gasteiger partial charge is 0.453 e. The third-order valence-corrected chi connectivity index (χ3v) is 2.29. The highest BCUT2D eigenvalue weighted by atomic mass is 16.5. The average Bonchev–Trinajstić information content (AvgIpc) is 2.87. The molecule has 20 heavy (non-hydrogen) atoms. The molecule has 1 aromatic carbocycles. The Kier molecular flexibility index (Phi) is 3.80. The number of rotatable bonds is 3. The number of hydrogen-bond acceptors (Lipinski definition) is 6. The number of H-pyrrole nitrogens is 1. The number of ether oxygens (including phenoxy) is 1. The molecule has 9 nitrogen and oxygen atoms in total. The van der Waals surface area contributed by atoms with E-state index in [-0.39, 0.29) is 11.8 Å². The Bertz CT molecular complexity index is 621. The van der Waals surface area contributed by atoms with Gasteiger partial charge in [0.15, 0.2) is 0 Å². The SMILES string of the molecule is COC(=O)Nc1ccc(NC(=O)c2nc(N)n[nH]2)cc1. The van der Waals surface area contributed by atoms with Gasteiger partial charge in [0, 0.05) is 11.4 Å². The van der Waals surface area contributed by atoms with Gasteiger partial charge >= 0.3 is 6.09 Å². The summed E-state index contributed by atoms with van der Waals surface area (Å²) >= 11 is 0. The number of nitrogens with zero attached hydrogens (tertiary/aromatic N) is 2. The Morgan fingerprint density at radius 3 is 2.30 bits per heavy atom. The summed E-state index contributed by atoms with van der Waals surface area (Å²) in [4.78, 5) is 26.4. The number of methoxy groups -OCH3 is 1. The molecule has 0 aliphatic heterocycles. The summed E-state index contributed by atoms with van der Waals surface area (Å²) < 4.78 is 4.46. The van der Waals surface area contributed by atoms with Crippen molar-refractivity contribution in [1.29, 1.82) is 0 Å². The number of carbonyl (C=O) groups excluding carboxylic acids is 2. The monoisotopic (exact) mass is 276 g/mol. The van der Waals surface area contributed by atoms with Crippen molar-refractivity contribution in [3.05, 3.63) is 30.1 Å². The lowest BCUT2D eigenvalue weighted by Gasteiger charge is -2.06. The quantitative estimate of drug-likeness (QED) is 0.655. The van der Waals surface area contributed by atoms with Gasteiger partial charge in [-0.2, -0.15) is 4.98 Å². The molecule has 0 aliphatic rings. The van der Waals surface area contributed by atoms with E-state index in [2.05, 4.69) is 30.6 Å². The normalized spacial score (nSPS) is 9.85. The first kappa shape index (κ1) is 13.3. The van der Waals surface area contributed by atoms with E-state index in [9.17, 15) is 9.59 Å². The van der Waals surface area contributed by atoms with Crippen molar-refractivity contribution in [1.82, 2.24) is 15.2 Å². The van der Waals surface area contributed by atoms with Crippen LogP contribution in [0.15, 0.2) is 24.3 Å². The van der Waals surface area contributed by atoms with Crippen molar-refractivity contribution in [2.75, 3.05) is 23.5 Å². The third kappa shape index (κ3) is 3.22. The molecule has 104 valence electrons. The van der Waals surface area contributed by atoms with Crippen LogP contribution in [0.3, 0.4) is 0 Å². The second kappa shape index (κ2) is 5.69. The number of carbonyl (C=O) groups is 2. The van der Waals surface area contributed by atoms with E-state index in [4.69, 9.17) is 5.73 Å². The molecule has 0 fully saturated rings. The van der Waals surface area contributed by atoms with Crippen molar-refractivity contribution in [3.63, 3.8) is 0 Å². The fourth-order valence-corrected chi connectivity index (χ4v) is 1.37. The van der Waals surface area contributed by atoms with E-state index >= 15 is 0 Å². The zero-order valence-corrected chi connectivity index (χ0v) is 10.5. The summed E-state index contributed by atoms with van der Waals surface area (Å²) in [6, 6.07) is 6.45. The van der Waals surface area contributed by atoms with Gasteiger partial charge < -0.3 is 15.8 Å². The molecule has 0 unspecified atom stereocenters. The Labute approximate surface area is 113 Å². The summed E-state index contributed by atoms with van der Waals surface area (Å²) in [5.41, 5.74) is 6.37. The van der Waals surface area contributed by atoms with Crippen molar-refractivity contribution >= 4 is 29.3 Å². The molecule has 2 rings (SSSR count). The number of amides is 2. The second-order valence-corrected chi connectivity index (χ2v) is 3.69. The first-order valence-electron chi connectivity index (χ1n) is 5.53. The van der Waals surface area contributed by atoms with Gasteiger partial charge in [-0.25, -0.2) is 4.79 Å². The fraction of sp³-hybridized carbons (Fsp3) is 0.0909. The number of anilines is 3. The Morgan fingerprint density at radius 2 is 1.80 bits per heavy atom. The molecule has 1 heterocycles. The van der Waals surface area contributed by atoms with Gasteiger partial charge in [-0.15, -0.1) is 5.10 Å². The minimum absolute atomic E-state index is 0.00669. The Morgan fingerprint density at radius 1 is 1.20 bits per heavy atom. The Balaban J connectivity index is 2.00. The summed E-state index contributed by atoms with van der Waals surface area (Å²) in [7, 11) is 1.27. The summed E-state index contributed by atoms with van der Waals surface area (Å²) in [5, 5.41) is 11.0. The average molecular weight is 276 g/mol. The lowest BCUT2D eigenvalue weighted by atomic mass is 10.3. The van der Waals surface area contributed by atoms with Crippen LogP contribution >= 0.6 is 0 Å². The molecule has 0 aliphatic carbocycles. The van der Waals surface area contributed by atoms with Crippen LogP contribution in [-0.2, 0) is 4.74 Å². The molecule has 0 saturated carbocycles. The van der Waals surface area contributed by atoms with Crippen molar-refractivity contribution < 1.29 is 14.3 Å². The smallest absolute Gasteiger partial charge is 0.411 e. The molecule has 0 bridgehead atoms. The number of hydrogen-bond donors (Lipinski definition) is 4. The van der Waals surface area contributed by atoms with Crippen LogP contribution in [-0.4, -0.2) is 34.3 Å². The van der Waals surface area contributed by atoms with Gasteiger partial charge in [0.1, 0.15) is 0 Å². The maximum absolute atomic E-state index is 11.7. The molecule has 9 heteroatoms. The lowest BCUT2D eigenvalue weighted by Crippen LogP contribution is -2.14. The zero-order valence-electron chi connectivity index (χ0n) is 10.5. The number of benzene rings is 1. The molecule has 0 spiro atoms. The number of nitrogens with one attached hydrogen (secondary N) is 3. The van der Waals surface area contributed by atoms with Crippen molar-refractivity contribution in [3.8, 4) is 0 Å². The highest BCUT2D eigenvalue weighted by Gasteiger charge is 2.10. The zero-order chi connectivity index (χ0) is 14.5. The molecule has 0 atom stereocenters. The van der Waals surface area contributed by atoms with Crippen LogP contribution in [0.25, 0.3) is 0 Å². The predicted octanol–water partition coefficient (Wildman–Crippen LogP) is 0.817. The van der Waals surface area contributed by atoms with E-state index < -0.39 is 12.0 Å². The first-order chi connectivity index (χ1) is 9.58. The van der Waals surface area contributed by atoms with Gasteiger partial charge in [0.2, 0.25) is 11.8 Å². The minimum atomic E-state index is -0.570. The van der Waals surface area contributed by atoms with E-state index in [0.29, 0.717) is 11.4 Å². The highest BCUT2D eigenvalue weighted by molar-refractivity contribution is 6.01. The van der Waals surface area contributed by atoms with Crippen LogP contribution < -0.4 is 16.4 Å². The topological polar surface area (TPSA) is 135 Å². The van der Waals surface area contributed by atoms with Crippen LogP contribution in [0.4, 0.5) is 22.1 Å². The predicted molar refractivity (Wildman–Crippen MR) is 71.2 cm³/mol. The molecule has 2 amide bonds. The number of nitrogens with two attached hydrogens (primary N) is 1. The summed E-state index contributed by atoms with van der Waals surface area (Å²) in [6.45, 7) is 0. The molecule has 0 radical (unpaired) electrons. The van der Waals surface area contributed by atoms with Gasteiger partial charge in [0.05, 0.1) is 7.11 Å². The van der Waals surface area contributed by atoms with Crippen LogP contribution in [0.1, 0.15) is 10.6 Å². The van der Waals surface area contributed by atoms with Gasteiger partial charge in [-0.3, -0.25) is 15.2 Å². The maximum Gasteiger partial charge on any atom is 0.411 e. The van der Waals surface area contributed by atoms with Crippen LogP contribution in [0, 0.1) is 0 Å². The first-order valence-corrected chi connectivity index (χ1v) is 5.53. The second-order valence-electron chi connectivity index (χ2n) is 3.69. The summed E-state index contributed by atoms with van der Waals surface area (Å²) in [6.07, 6.45) is -0.570. The summed E-state index contributed by atoms with van der Waals surface area (Å²) in [5.74, 6) is -0.463. The molecule has 5 N–H and O–H groups in total. The number of nitrogen functional groups attached to an aromatic ring is 1.